The van der Waals surface area contributed by atoms with Gasteiger partial charge in [-0.25, -0.2) is 0 Å². The SMILES string of the molecule is CCCC(N)(CCc1ccc(Sc2cc(OCC)ccc2O)cc1Cl)CCP(=O)(O)O. The summed E-state index contributed by atoms with van der Waals surface area (Å²) < 4.78 is 16.8. The molecule has 0 radical (unpaired) electrons. The summed E-state index contributed by atoms with van der Waals surface area (Å²) >= 11 is 7.90. The van der Waals surface area contributed by atoms with E-state index in [2.05, 4.69) is 0 Å². The Kier molecular flexibility index (Phi) is 9.74. The van der Waals surface area contributed by atoms with Crippen molar-refractivity contribution in [1.82, 2.24) is 0 Å². The Morgan fingerprint density at radius 1 is 1.13 bits per heavy atom. The van der Waals surface area contributed by atoms with Crippen LogP contribution in [0.25, 0.3) is 0 Å². The molecule has 172 valence electrons. The van der Waals surface area contributed by atoms with E-state index in [-0.39, 0.29) is 18.3 Å². The average molecular weight is 488 g/mol. The van der Waals surface area contributed by atoms with Gasteiger partial charge in [-0.05, 0) is 68.5 Å². The van der Waals surface area contributed by atoms with Gasteiger partial charge in [-0.3, -0.25) is 4.57 Å². The molecule has 2 aromatic carbocycles. The average Bonchev–Trinajstić information content (AvgIpc) is 2.68. The minimum absolute atomic E-state index is 0.172. The maximum absolute atomic E-state index is 11.3. The fourth-order valence-electron chi connectivity index (χ4n) is 3.38. The van der Waals surface area contributed by atoms with Gasteiger partial charge in [0.25, 0.3) is 0 Å². The predicted molar refractivity (Wildman–Crippen MR) is 127 cm³/mol. The number of phenolic OH excluding ortho intramolecular Hbond substituents is 1. The fourth-order valence-corrected chi connectivity index (χ4v) is 5.37. The highest BCUT2D eigenvalue weighted by Gasteiger charge is 2.27. The van der Waals surface area contributed by atoms with Crippen molar-refractivity contribution in [2.75, 3.05) is 12.8 Å². The number of benzene rings is 2. The molecule has 0 fully saturated rings. The van der Waals surface area contributed by atoms with Crippen molar-refractivity contribution in [1.29, 1.82) is 0 Å². The first-order valence-corrected chi connectivity index (χ1v) is 13.3. The van der Waals surface area contributed by atoms with Crippen LogP contribution < -0.4 is 10.5 Å². The molecule has 31 heavy (non-hydrogen) atoms. The van der Waals surface area contributed by atoms with Crippen molar-refractivity contribution < 1.29 is 24.2 Å². The molecule has 5 N–H and O–H groups in total. The number of hydrogen-bond donors (Lipinski definition) is 4. The Morgan fingerprint density at radius 3 is 2.48 bits per heavy atom. The number of nitrogens with two attached hydrogens (primary N) is 1. The molecule has 0 amide bonds. The number of hydrogen-bond acceptors (Lipinski definition) is 5. The summed E-state index contributed by atoms with van der Waals surface area (Å²) in [5.41, 5.74) is 6.76. The minimum atomic E-state index is -4.08. The zero-order chi connectivity index (χ0) is 23.1. The van der Waals surface area contributed by atoms with Gasteiger partial charge in [0, 0.05) is 15.5 Å². The zero-order valence-corrected chi connectivity index (χ0v) is 20.3. The normalized spacial score (nSPS) is 13.7. The van der Waals surface area contributed by atoms with Crippen molar-refractivity contribution in [2.24, 2.45) is 5.73 Å². The highest BCUT2D eigenvalue weighted by Crippen LogP contribution is 2.40. The molecule has 0 aromatic heterocycles. The molecule has 0 aliphatic heterocycles. The third-order valence-corrected chi connectivity index (χ3v) is 7.23. The summed E-state index contributed by atoms with van der Waals surface area (Å²) in [6.07, 6.45) is 2.79. The van der Waals surface area contributed by atoms with Crippen LogP contribution in [-0.4, -0.2) is 33.2 Å². The number of phenols is 1. The van der Waals surface area contributed by atoms with Gasteiger partial charge < -0.3 is 25.4 Å². The van der Waals surface area contributed by atoms with Gasteiger partial charge in [0.2, 0.25) is 0 Å². The van der Waals surface area contributed by atoms with Crippen LogP contribution in [0, 0.1) is 0 Å². The van der Waals surface area contributed by atoms with Crippen molar-refractivity contribution >= 4 is 31.0 Å². The predicted octanol–water partition coefficient (Wildman–Crippen LogP) is 5.59. The second kappa shape index (κ2) is 11.6. The maximum atomic E-state index is 11.3. The Hall–Kier alpha value is -1.21. The summed E-state index contributed by atoms with van der Waals surface area (Å²) in [6, 6.07) is 10.8. The van der Waals surface area contributed by atoms with Crippen LogP contribution in [0.2, 0.25) is 5.02 Å². The Labute approximate surface area is 193 Å². The standard InChI is InChI=1S/C22H31ClNO5PS/c1-3-10-22(24,12-13-30(26,27)28)11-9-16-5-7-18(15-19(16)23)31-21-14-17(29-4-2)6-8-20(21)25/h5-8,14-15,25H,3-4,9-13,24H2,1-2H3,(H2,26,27,28). The van der Waals surface area contributed by atoms with Crippen molar-refractivity contribution in [3.05, 3.63) is 47.0 Å². The molecule has 1 unspecified atom stereocenters. The van der Waals surface area contributed by atoms with Gasteiger partial charge in [0.05, 0.1) is 17.7 Å². The molecule has 0 heterocycles. The highest BCUT2D eigenvalue weighted by molar-refractivity contribution is 7.99. The molecule has 0 saturated heterocycles. The molecule has 0 aliphatic carbocycles. The van der Waals surface area contributed by atoms with E-state index < -0.39 is 13.1 Å². The number of halogens is 1. The van der Waals surface area contributed by atoms with Crippen molar-refractivity contribution in [2.45, 2.75) is 61.3 Å². The summed E-state index contributed by atoms with van der Waals surface area (Å²) in [4.78, 5) is 20.0. The first kappa shape index (κ1) is 26.0. The maximum Gasteiger partial charge on any atom is 0.325 e. The van der Waals surface area contributed by atoms with Gasteiger partial charge in [-0.1, -0.05) is 42.8 Å². The summed E-state index contributed by atoms with van der Waals surface area (Å²) in [7, 11) is -4.08. The van der Waals surface area contributed by atoms with Gasteiger partial charge in [-0.2, -0.15) is 0 Å². The lowest BCUT2D eigenvalue weighted by Gasteiger charge is -2.30. The van der Waals surface area contributed by atoms with Crippen LogP contribution in [0.5, 0.6) is 11.5 Å². The van der Waals surface area contributed by atoms with Crippen molar-refractivity contribution in [3.63, 3.8) is 0 Å². The first-order chi connectivity index (χ1) is 14.5. The van der Waals surface area contributed by atoms with E-state index in [0.29, 0.717) is 41.5 Å². The number of aryl methyl sites for hydroxylation is 1. The fraction of sp³-hybridized carbons (Fsp3) is 0.455. The molecular weight excluding hydrogens is 457 g/mol. The molecule has 1 atom stereocenters. The Balaban J connectivity index is 2.08. The number of aromatic hydroxyl groups is 1. The minimum Gasteiger partial charge on any atom is -0.507 e. The van der Waals surface area contributed by atoms with E-state index in [1.165, 1.54) is 11.8 Å². The highest BCUT2D eigenvalue weighted by atomic mass is 35.5. The lowest BCUT2D eigenvalue weighted by molar-refractivity contribution is 0.326. The monoisotopic (exact) mass is 487 g/mol. The van der Waals surface area contributed by atoms with E-state index in [0.717, 1.165) is 16.9 Å². The molecule has 2 rings (SSSR count). The Bertz CT molecular complexity index is 923. The molecular formula is C22H31ClNO5PS. The van der Waals surface area contributed by atoms with Crippen LogP contribution in [0.1, 0.15) is 45.1 Å². The summed E-state index contributed by atoms with van der Waals surface area (Å²) in [6.45, 7) is 4.46. The topological polar surface area (TPSA) is 113 Å². The first-order valence-electron chi connectivity index (χ1n) is 10.3. The zero-order valence-electron chi connectivity index (χ0n) is 17.9. The van der Waals surface area contributed by atoms with Crippen LogP contribution in [0.15, 0.2) is 46.2 Å². The van der Waals surface area contributed by atoms with E-state index in [1.807, 2.05) is 32.0 Å². The lowest BCUT2D eigenvalue weighted by atomic mass is 9.85. The van der Waals surface area contributed by atoms with Gasteiger partial charge in [0.1, 0.15) is 11.5 Å². The van der Waals surface area contributed by atoms with Crippen LogP contribution in [0.4, 0.5) is 0 Å². The molecule has 6 nitrogen and oxygen atoms in total. The lowest BCUT2D eigenvalue weighted by Crippen LogP contribution is -2.41. The van der Waals surface area contributed by atoms with Crippen molar-refractivity contribution in [3.8, 4) is 11.5 Å². The third-order valence-electron chi connectivity index (χ3n) is 5.04. The van der Waals surface area contributed by atoms with E-state index in [1.54, 1.807) is 18.2 Å². The second-order valence-corrected chi connectivity index (χ2v) is 11.0. The molecule has 0 bridgehead atoms. The largest absolute Gasteiger partial charge is 0.507 e. The van der Waals surface area contributed by atoms with E-state index >= 15 is 0 Å². The van der Waals surface area contributed by atoms with Crippen LogP contribution in [-0.2, 0) is 11.0 Å². The molecule has 9 heteroatoms. The smallest absolute Gasteiger partial charge is 0.325 e. The molecule has 0 aliphatic rings. The Morgan fingerprint density at radius 2 is 1.87 bits per heavy atom. The second-order valence-electron chi connectivity index (χ2n) is 7.67. The number of ether oxygens (including phenoxy) is 1. The third kappa shape index (κ3) is 8.68. The van der Waals surface area contributed by atoms with Crippen LogP contribution in [0.3, 0.4) is 0 Å². The van der Waals surface area contributed by atoms with E-state index in [4.69, 9.17) is 22.1 Å². The van der Waals surface area contributed by atoms with Gasteiger partial charge >= 0.3 is 7.60 Å². The summed E-state index contributed by atoms with van der Waals surface area (Å²) in [5, 5.41) is 10.7. The van der Waals surface area contributed by atoms with Crippen LogP contribution >= 0.6 is 31.0 Å². The molecule has 0 saturated carbocycles. The summed E-state index contributed by atoms with van der Waals surface area (Å²) in [5.74, 6) is 0.863. The van der Waals surface area contributed by atoms with Gasteiger partial charge in [-0.15, -0.1) is 0 Å². The molecule has 2 aromatic rings. The quantitative estimate of drug-likeness (QED) is 0.288. The number of rotatable bonds is 12. The van der Waals surface area contributed by atoms with Gasteiger partial charge in [0.15, 0.2) is 0 Å². The van der Waals surface area contributed by atoms with E-state index in [9.17, 15) is 19.5 Å². The molecule has 0 spiro atoms.